The third kappa shape index (κ3) is 2.71. The quantitative estimate of drug-likeness (QED) is 0.610. The number of hydrogen-bond donors (Lipinski definition) is 0. The summed E-state index contributed by atoms with van der Waals surface area (Å²) in [4.78, 5) is 0. The van der Waals surface area contributed by atoms with E-state index in [0.29, 0.717) is 5.88 Å². The van der Waals surface area contributed by atoms with Crippen molar-refractivity contribution < 1.29 is 0 Å². The molecule has 0 atom stereocenters. The molecule has 0 aliphatic heterocycles. The van der Waals surface area contributed by atoms with Crippen LogP contribution >= 0.6 is 11.6 Å². The van der Waals surface area contributed by atoms with E-state index in [4.69, 9.17) is 11.6 Å². The molecule has 0 saturated heterocycles. The largest absolute Gasteiger partial charge is 0.122 e. The smallest absolute Gasteiger partial charge is 0.0434 e. The van der Waals surface area contributed by atoms with Crippen molar-refractivity contribution in [2.75, 3.05) is 5.88 Å². The van der Waals surface area contributed by atoms with E-state index >= 15 is 0 Å². The molecule has 1 aromatic carbocycles. The Morgan fingerprint density at radius 1 is 1.33 bits per heavy atom. The second kappa shape index (κ2) is 4.32. The van der Waals surface area contributed by atoms with Crippen LogP contribution in [0, 0.1) is 6.92 Å². The van der Waals surface area contributed by atoms with E-state index in [9.17, 15) is 0 Å². The Labute approximate surface area is 78.9 Å². The van der Waals surface area contributed by atoms with Crippen molar-refractivity contribution in [1.29, 1.82) is 0 Å². The third-order valence-corrected chi connectivity index (χ3v) is 2.12. The van der Waals surface area contributed by atoms with Gasteiger partial charge in [0.2, 0.25) is 0 Å². The fourth-order valence-electron chi connectivity index (χ4n) is 0.986. The van der Waals surface area contributed by atoms with Crippen LogP contribution in [0.5, 0.6) is 0 Å². The summed E-state index contributed by atoms with van der Waals surface area (Å²) in [5.74, 6) is 0.605. The van der Waals surface area contributed by atoms with Gasteiger partial charge in [0.25, 0.3) is 0 Å². The van der Waals surface area contributed by atoms with Crippen LogP contribution in [0.3, 0.4) is 0 Å². The molecule has 1 aromatic rings. The lowest BCUT2D eigenvalue weighted by Crippen LogP contribution is -1.78. The van der Waals surface area contributed by atoms with E-state index in [1.807, 2.05) is 6.92 Å². The first-order valence-electron chi connectivity index (χ1n) is 4.02. The van der Waals surface area contributed by atoms with Crippen molar-refractivity contribution in [3.63, 3.8) is 0 Å². The molecule has 0 aromatic heterocycles. The minimum atomic E-state index is 0.605. The Balaban J connectivity index is 2.84. The van der Waals surface area contributed by atoms with Gasteiger partial charge in [0.15, 0.2) is 0 Å². The summed E-state index contributed by atoms with van der Waals surface area (Å²) in [5.41, 5.74) is 3.70. The highest BCUT2D eigenvalue weighted by Gasteiger charge is 1.89. The first-order chi connectivity index (χ1) is 5.72. The Morgan fingerprint density at radius 2 is 1.92 bits per heavy atom. The molecule has 0 aliphatic carbocycles. The molecular formula is C11H13Cl. The van der Waals surface area contributed by atoms with Gasteiger partial charge >= 0.3 is 0 Å². The summed E-state index contributed by atoms with van der Waals surface area (Å²) in [7, 11) is 0. The summed E-state index contributed by atoms with van der Waals surface area (Å²) in [6, 6.07) is 8.41. The zero-order valence-corrected chi connectivity index (χ0v) is 8.23. The molecule has 1 heteroatoms. The van der Waals surface area contributed by atoms with Gasteiger partial charge in [0.05, 0.1) is 0 Å². The molecule has 0 heterocycles. The second-order valence-electron chi connectivity index (χ2n) is 3.04. The SMILES string of the molecule is C/C(=C/c1ccc(C)cc1)CCl. The highest BCUT2D eigenvalue weighted by molar-refractivity contribution is 6.19. The molecule has 0 amide bonds. The van der Waals surface area contributed by atoms with Crippen LogP contribution < -0.4 is 0 Å². The maximum atomic E-state index is 5.66. The third-order valence-electron chi connectivity index (χ3n) is 1.70. The van der Waals surface area contributed by atoms with Crippen molar-refractivity contribution >= 4 is 17.7 Å². The van der Waals surface area contributed by atoms with Crippen LogP contribution in [0.1, 0.15) is 18.1 Å². The number of benzene rings is 1. The number of allylic oxidation sites excluding steroid dienone is 1. The van der Waals surface area contributed by atoms with E-state index in [-0.39, 0.29) is 0 Å². The summed E-state index contributed by atoms with van der Waals surface area (Å²) < 4.78 is 0. The Bertz CT molecular complexity index is 270. The van der Waals surface area contributed by atoms with Gasteiger partial charge in [0, 0.05) is 5.88 Å². The number of hydrogen-bond acceptors (Lipinski definition) is 0. The standard InChI is InChI=1S/C11H13Cl/c1-9-3-5-11(6-4-9)7-10(2)8-12/h3-7H,8H2,1-2H3/b10-7-. The van der Waals surface area contributed by atoms with Gasteiger partial charge in [-0.1, -0.05) is 41.5 Å². The maximum absolute atomic E-state index is 5.66. The molecule has 0 radical (unpaired) electrons. The van der Waals surface area contributed by atoms with Crippen molar-refractivity contribution in [3.8, 4) is 0 Å². The van der Waals surface area contributed by atoms with Crippen molar-refractivity contribution in [3.05, 3.63) is 41.0 Å². The Morgan fingerprint density at radius 3 is 2.42 bits per heavy atom. The predicted molar refractivity (Wildman–Crippen MR) is 55.6 cm³/mol. The van der Waals surface area contributed by atoms with Gasteiger partial charge in [-0.25, -0.2) is 0 Å². The summed E-state index contributed by atoms with van der Waals surface area (Å²) in [6.45, 7) is 4.12. The summed E-state index contributed by atoms with van der Waals surface area (Å²) in [6.07, 6.45) is 2.10. The minimum absolute atomic E-state index is 0.605. The lowest BCUT2D eigenvalue weighted by Gasteiger charge is -1.96. The van der Waals surface area contributed by atoms with Gasteiger partial charge in [-0.05, 0) is 19.4 Å². The lowest BCUT2D eigenvalue weighted by atomic mass is 10.1. The lowest BCUT2D eigenvalue weighted by molar-refractivity contribution is 1.41. The zero-order chi connectivity index (χ0) is 8.97. The molecule has 64 valence electrons. The van der Waals surface area contributed by atoms with Gasteiger partial charge in [0.1, 0.15) is 0 Å². The maximum Gasteiger partial charge on any atom is 0.0434 e. The number of halogens is 1. The molecule has 0 N–H and O–H groups in total. The van der Waals surface area contributed by atoms with E-state index in [1.165, 1.54) is 16.7 Å². The monoisotopic (exact) mass is 180 g/mol. The highest BCUT2D eigenvalue weighted by Crippen LogP contribution is 2.08. The Hall–Kier alpha value is -0.750. The fourth-order valence-corrected chi connectivity index (χ4v) is 1.06. The highest BCUT2D eigenvalue weighted by atomic mass is 35.5. The first-order valence-corrected chi connectivity index (χ1v) is 4.55. The molecule has 1 rings (SSSR count). The second-order valence-corrected chi connectivity index (χ2v) is 3.30. The fraction of sp³-hybridized carbons (Fsp3) is 0.273. The van der Waals surface area contributed by atoms with Gasteiger partial charge in [-0.15, -0.1) is 11.6 Å². The molecule has 0 spiro atoms. The van der Waals surface area contributed by atoms with Crippen LogP contribution in [0.2, 0.25) is 0 Å². The molecule has 0 bridgehead atoms. The number of rotatable bonds is 2. The molecule has 12 heavy (non-hydrogen) atoms. The molecule has 0 aliphatic rings. The predicted octanol–water partition coefficient (Wildman–Crippen LogP) is 3.64. The Kier molecular flexibility index (Phi) is 3.36. The van der Waals surface area contributed by atoms with Crippen molar-refractivity contribution in [2.45, 2.75) is 13.8 Å². The van der Waals surface area contributed by atoms with Crippen LogP contribution in [0.25, 0.3) is 6.08 Å². The topological polar surface area (TPSA) is 0 Å². The first kappa shape index (κ1) is 9.34. The van der Waals surface area contributed by atoms with E-state index in [0.717, 1.165) is 0 Å². The van der Waals surface area contributed by atoms with Crippen molar-refractivity contribution in [2.24, 2.45) is 0 Å². The molecule has 0 fully saturated rings. The van der Waals surface area contributed by atoms with Crippen molar-refractivity contribution in [1.82, 2.24) is 0 Å². The van der Waals surface area contributed by atoms with Crippen LogP contribution in [0.15, 0.2) is 29.8 Å². The summed E-state index contributed by atoms with van der Waals surface area (Å²) >= 11 is 5.66. The molecule has 0 unspecified atom stereocenters. The molecular weight excluding hydrogens is 168 g/mol. The van der Waals surface area contributed by atoms with Crippen LogP contribution in [0.4, 0.5) is 0 Å². The number of aryl methyl sites for hydroxylation is 1. The zero-order valence-electron chi connectivity index (χ0n) is 7.47. The van der Waals surface area contributed by atoms with E-state index < -0.39 is 0 Å². The average molecular weight is 181 g/mol. The van der Waals surface area contributed by atoms with Gasteiger partial charge < -0.3 is 0 Å². The molecule has 0 nitrogen and oxygen atoms in total. The number of alkyl halides is 1. The molecule has 0 saturated carbocycles. The minimum Gasteiger partial charge on any atom is -0.122 e. The summed E-state index contributed by atoms with van der Waals surface area (Å²) in [5, 5.41) is 0. The van der Waals surface area contributed by atoms with Crippen LogP contribution in [-0.4, -0.2) is 5.88 Å². The van der Waals surface area contributed by atoms with E-state index in [1.54, 1.807) is 0 Å². The van der Waals surface area contributed by atoms with E-state index in [2.05, 4.69) is 37.3 Å². The average Bonchev–Trinajstić information content (AvgIpc) is 2.09. The van der Waals surface area contributed by atoms with Crippen LogP contribution in [-0.2, 0) is 0 Å². The van der Waals surface area contributed by atoms with Gasteiger partial charge in [-0.2, -0.15) is 0 Å². The normalized spacial score (nSPS) is 11.8. The van der Waals surface area contributed by atoms with Gasteiger partial charge in [-0.3, -0.25) is 0 Å².